The highest BCUT2D eigenvalue weighted by molar-refractivity contribution is 6.03. The fourth-order valence-corrected chi connectivity index (χ4v) is 5.46. The first kappa shape index (κ1) is 20.7. The van der Waals surface area contributed by atoms with Crippen LogP contribution in [-0.2, 0) is 14.3 Å². The highest BCUT2D eigenvalue weighted by atomic mass is 16.6. The average molecular weight is 413 g/mol. The van der Waals surface area contributed by atoms with Gasteiger partial charge in [0, 0.05) is 47.8 Å². The van der Waals surface area contributed by atoms with Crippen molar-refractivity contribution in [3.05, 3.63) is 51.3 Å². The van der Waals surface area contributed by atoms with Gasteiger partial charge in [0.15, 0.2) is 5.78 Å². The Morgan fingerprint density at radius 1 is 1.17 bits per heavy atom. The molecule has 0 amide bonds. The summed E-state index contributed by atoms with van der Waals surface area (Å²) in [5.41, 5.74) is -0.723. The molecular formula is C23H27NO6. The van der Waals surface area contributed by atoms with Gasteiger partial charge in [-0.05, 0) is 11.8 Å². The van der Waals surface area contributed by atoms with E-state index < -0.39 is 33.4 Å². The van der Waals surface area contributed by atoms with Crippen LogP contribution in [0, 0.1) is 26.9 Å². The van der Waals surface area contributed by atoms with Crippen LogP contribution in [0.1, 0.15) is 64.9 Å². The fourth-order valence-electron chi connectivity index (χ4n) is 5.46. The van der Waals surface area contributed by atoms with E-state index in [1.807, 2.05) is 27.7 Å². The first-order chi connectivity index (χ1) is 13.9. The highest BCUT2D eigenvalue weighted by Crippen LogP contribution is 2.58. The average Bonchev–Trinajstić information content (AvgIpc) is 2.62. The zero-order valence-electron chi connectivity index (χ0n) is 17.7. The van der Waals surface area contributed by atoms with Crippen molar-refractivity contribution >= 4 is 17.3 Å². The largest absolute Gasteiger partial charge is 0.466 e. The van der Waals surface area contributed by atoms with Crippen molar-refractivity contribution in [3.8, 4) is 0 Å². The van der Waals surface area contributed by atoms with Gasteiger partial charge in [0.25, 0.3) is 5.69 Å². The predicted molar refractivity (Wildman–Crippen MR) is 108 cm³/mol. The summed E-state index contributed by atoms with van der Waals surface area (Å²) >= 11 is 0. The van der Waals surface area contributed by atoms with E-state index in [-0.39, 0.29) is 35.7 Å². The molecule has 1 aromatic rings. The summed E-state index contributed by atoms with van der Waals surface area (Å²) in [7, 11) is 0. The Balaban J connectivity index is 1.99. The summed E-state index contributed by atoms with van der Waals surface area (Å²) in [6, 6.07) is 6.18. The maximum Gasteiger partial charge on any atom is 0.273 e. The SMILES string of the molecule is CC1(C)CC(=O)C2C(c3ccccc3[N+](=O)[O-])C3=C(CCC(C)(C)C3=O)OC2(O)C1. The first-order valence-corrected chi connectivity index (χ1v) is 10.3. The third kappa shape index (κ3) is 3.07. The van der Waals surface area contributed by atoms with Gasteiger partial charge in [-0.25, -0.2) is 0 Å². The molecule has 1 aromatic carbocycles. The molecule has 1 aliphatic heterocycles. The van der Waals surface area contributed by atoms with Gasteiger partial charge in [0.1, 0.15) is 11.5 Å². The minimum Gasteiger partial charge on any atom is -0.466 e. The molecule has 7 nitrogen and oxygen atoms in total. The molecule has 4 rings (SSSR count). The van der Waals surface area contributed by atoms with Gasteiger partial charge in [-0.3, -0.25) is 19.7 Å². The second-order valence-electron chi connectivity index (χ2n) is 10.3. The number of para-hydroxylation sites is 1. The number of allylic oxidation sites excluding steroid dienone is 2. The number of nitro benzene ring substituents is 1. The van der Waals surface area contributed by atoms with Crippen molar-refractivity contribution in [3.63, 3.8) is 0 Å². The number of ketones is 2. The molecule has 0 bridgehead atoms. The van der Waals surface area contributed by atoms with Crippen molar-refractivity contribution in [1.29, 1.82) is 0 Å². The van der Waals surface area contributed by atoms with Crippen LogP contribution in [0.5, 0.6) is 0 Å². The summed E-state index contributed by atoms with van der Waals surface area (Å²) in [5, 5.41) is 23.3. The van der Waals surface area contributed by atoms with Crippen LogP contribution in [0.2, 0.25) is 0 Å². The molecule has 3 aliphatic rings. The second-order valence-corrected chi connectivity index (χ2v) is 10.3. The fraction of sp³-hybridized carbons (Fsp3) is 0.565. The van der Waals surface area contributed by atoms with Gasteiger partial charge in [0.05, 0.1) is 10.8 Å². The lowest BCUT2D eigenvalue weighted by molar-refractivity contribution is -0.385. The van der Waals surface area contributed by atoms with E-state index in [1.165, 1.54) is 6.07 Å². The number of ether oxygens (including phenoxy) is 1. The summed E-state index contributed by atoms with van der Waals surface area (Å²) in [6.07, 6.45) is 1.41. The third-order valence-corrected chi connectivity index (χ3v) is 6.77. The summed E-state index contributed by atoms with van der Waals surface area (Å²) in [4.78, 5) is 38.1. The molecule has 1 saturated carbocycles. The number of aliphatic hydroxyl groups is 1. The van der Waals surface area contributed by atoms with E-state index in [9.17, 15) is 24.8 Å². The monoisotopic (exact) mass is 413 g/mol. The van der Waals surface area contributed by atoms with Gasteiger partial charge in [-0.15, -0.1) is 0 Å². The standard InChI is InChI=1S/C23H27NO6/c1-21(2)11-15(25)19-17(13-7-5-6-8-14(13)24(28)29)18-16(30-23(19,27)12-21)9-10-22(3,4)20(18)26/h5-8,17,19,27H,9-12H2,1-4H3. The van der Waals surface area contributed by atoms with E-state index >= 15 is 0 Å². The molecule has 160 valence electrons. The molecule has 0 radical (unpaired) electrons. The number of carbonyl (C=O) groups excluding carboxylic acids is 2. The van der Waals surface area contributed by atoms with Crippen LogP contribution in [0.4, 0.5) is 5.69 Å². The van der Waals surface area contributed by atoms with Gasteiger partial charge < -0.3 is 9.84 Å². The molecule has 1 N–H and O–H groups in total. The molecule has 0 aromatic heterocycles. The third-order valence-electron chi connectivity index (χ3n) is 6.77. The van der Waals surface area contributed by atoms with Crippen LogP contribution >= 0.6 is 0 Å². The van der Waals surface area contributed by atoms with E-state index in [1.54, 1.807) is 18.2 Å². The smallest absolute Gasteiger partial charge is 0.273 e. The number of benzene rings is 1. The van der Waals surface area contributed by atoms with E-state index in [2.05, 4.69) is 0 Å². The molecular weight excluding hydrogens is 386 g/mol. The van der Waals surface area contributed by atoms with Crippen LogP contribution < -0.4 is 0 Å². The summed E-state index contributed by atoms with van der Waals surface area (Å²) < 4.78 is 6.03. The highest BCUT2D eigenvalue weighted by Gasteiger charge is 2.62. The van der Waals surface area contributed by atoms with E-state index in [4.69, 9.17) is 4.74 Å². The first-order valence-electron chi connectivity index (χ1n) is 10.3. The van der Waals surface area contributed by atoms with Crippen molar-refractivity contribution in [2.24, 2.45) is 16.7 Å². The molecule has 1 fully saturated rings. The van der Waals surface area contributed by atoms with Crippen LogP contribution in [0.15, 0.2) is 35.6 Å². The molecule has 1 heterocycles. The van der Waals surface area contributed by atoms with Crippen LogP contribution in [0.3, 0.4) is 0 Å². The Morgan fingerprint density at radius 2 is 1.83 bits per heavy atom. The molecule has 3 atom stereocenters. The van der Waals surface area contributed by atoms with Crippen molar-refractivity contribution in [1.82, 2.24) is 0 Å². The Bertz CT molecular complexity index is 991. The minimum absolute atomic E-state index is 0.160. The lowest BCUT2D eigenvalue weighted by Crippen LogP contribution is -2.58. The van der Waals surface area contributed by atoms with E-state index in [0.29, 0.717) is 24.2 Å². The number of nitrogens with zero attached hydrogens (tertiary/aromatic N) is 1. The number of nitro groups is 1. The van der Waals surface area contributed by atoms with Crippen molar-refractivity contribution in [2.45, 2.75) is 65.1 Å². The number of hydrogen-bond acceptors (Lipinski definition) is 6. The molecule has 2 aliphatic carbocycles. The van der Waals surface area contributed by atoms with Gasteiger partial charge >= 0.3 is 0 Å². The second kappa shape index (κ2) is 6.48. The van der Waals surface area contributed by atoms with Crippen molar-refractivity contribution < 1.29 is 24.4 Å². The Hall–Kier alpha value is -2.54. The number of rotatable bonds is 2. The van der Waals surface area contributed by atoms with Gasteiger partial charge in [-0.1, -0.05) is 45.9 Å². The Labute approximate surface area is 175 Å². The van der Waals surface area contributed by atoms with Gasteiger partial charge in [-0.2, -0.15) is 0 Å². The molecule has 0 saturated heterocycles. The lowest BCUT2D eigenvalue weighted by Gasteiger charge is -2.53. The molecule has 3 unspecified atom stereocenters. The minimum atomic E-state index is -1.80. The van der Waals surface area contributed by atoms with Gasteiger partial charge in [0.2, 0.25) is 5.79 Å². The summed E-state index contributed by atoms with van der Waals surface area (Å²) in [6.45, 7) is 7.45. The number of fused-ring (bicyclic) bond motifs is 1. The normalized spacial score (nSPS) is 32.2. The van der Waals surface area contributed by atoms with Crippen molar-refractivity contribution in [2.75, 3.05) is 0 Å². The van der Waals surface area contributed by atoms with E-state index in [0.717, 1.165) is 0 Å². The number of hydrogen-bond donors (Lipinski definition) is 1. The number of carbonyl (C=O) groups is 2. The molecule has 30 heavy (non-hydrogen) atoms. The zero-order chi connectivity index (χ0) is 22.1. The quantitative estimate of drug-likeness (QED) is 0.579. The summed E-state index contributed by atoms with van der Waals surface area (Å²) in [5.74, 6) is -3.81. The topological polar surface area (TPSA) is 107 Å². The maximum atomic E-state index is 13.5. The zero-order valence-corrected chi connectivity index (χ0v) is 17.7. The predicted octanol–water partition coefficient (Wildman–Crippen LogP) is 4.05. The number of Topliss-reactive ketones (excluding diaryl/α,β-unsaturated/α-hetero) is 2. The Kier molecular flexibility index (Phi) is 4.47. The maximum absolute atomic E-state index is 13.5. The Morgan fingerprint density at radius 3 is 2.50 bits per heavy atom. The van der Waals surface area contributed by atoms with Crippen LogP contribution in [-0.4, -0.2) is 27.4 Å². The molecule has 7 heteroatoms. The lowest BCUT2D eigenvalue weighted by atomic mass is 9.58. The van der Waals surface area contributed by atoms with Crippen LogP contribution in [0.25, 0.3) is 0 Å². The molecule has 0 spiro atoms.